The Morgan fingerprint density at radius 2 is 1.76 bits per heavy atom. The highest BCUT2D eigenvalue weighted by Crippen LogP contribution is 2.42. The van der Waals surface area contributed by atoms with Crippen molar-refractivity contribution in [3.05, 3.63) is 30.4 Å². The SMILES string of the molecule is C=CC[C@@H](c1ccc(O)c(O)c1O)N1CCNCC1.Cl.Cl. The molecule has 120 valence electrons. The highest BCUT2D eigenvalue weighted by atomic mass is 35.5. The lowest BCUT2D eigenvalue weighted by atomic mass is 9.99. The van der Waals surface area contributed by atoms with E-state index in [1.165, 1.54) is 6.07 Å². The predicted octanol–water partition coefficient (Wildman–Crippen LogP) is 2.17. The van der Waals surface area contributed by atoms with Gasteiger partial charge in [-0.25, -0.2) is 0 Å². The van der Waals surface area contributed by atoms with E-state index in [4.69, 9.17) is 0 Å². The van der Waals surface area contributed by atoms with Crippen molar-refractivity contribution in [1.29, 1.82) is 0 Å². The lowest BCUT2D eigenvalue weighted by Crippen LogP contribution is -2.45. The van der Waals surface area contributed by atoms with E-state index in [9.17, 15) is 15.3 Å². The van der Waals surface area contributed by atoms with Crippen LogP contribution in [-0.4, -0.2) is 46.4 Å². The van der Waals surface area contributed by atoms with Gasteiger partial charge in [0, 0.05) is 37.8 Å². The van der Waals surface area contributed by atoms with Crippen LogP contribution in [0.3, 0.4) is 0 Å². The molecule has 0 saturated carbocycles. The van der Waals surface area contributed by atoms with Gasteiger partial charge in [-0.2, -0.15) is 0 Å². The minimum Gasteiger partial charge on any atom is -0.504 e. The molecular formula is C14H22Cl2N2O3. The Morgan fingerprint density at radius 1 is 1.14 bits per heavy atom. The molecular weight excluding hydrogens is 315 g/mol. The van der Waals surface area contributed by atoms with E-state index in [-0.39, 0.29) is 42.4 Å². The van der Waals surface area contributed by atoms with Crippen LogP contribution in [0, 0.1) is 0 Å². The first kappa shape index (κ1) is 19.9. The van der Waals surface area contributed by atoms with Crippen molar-refractivity contribution in [2.75, 3.05) is 26.2 Å². The Balaban J connectivity index is 0.00000200. The fraction of sp³-hybridized carbons (Fsp3) is 0.429. The van der Waals surface area contributed by atoms with Crippen molar-refractivity contribution < 1.29 is 15.3 Å². The van der Waals surface area contributed by atoms with E-state index in [0.717, 1.165) is 26.2 Å². The third-order valence-electron chi connectivity index (χ3n) is 3.50. The summed E-state index contributed by atoms with van der Waals surface area (Å²) in [6, 6.07) is 3.02. The highest BCUT2D eigenvalue weighted by Gasteiger charge is 2.25. The minimum absolute atomic E-state index is 0. The maximum Gasteiger partial charge on any atom is 0.200 e. The van der Waals surface area contributed by atoms with Gasteiger partial charge in [0.25, 0.3) is 0 Å². The Labute approximate surface area is 137 Å². The molecule has 0 bridgehead atoms. The lowest BCUT2D eigenvalue weighted by molar-refractivity contribution is 0.171. The third-order valence-corrected chi connectivity index (χ3v) is 3.50. The smallest absolute Gasteiger partial charge is 0.200 e. The molecule has 5 nitrogen and oxygen atoms in total. The van der Waals surface area contributed by atoms with Gasteiger partial charge in [0.05, 0.1) is 0 Å². The summed E-state index contributed by atoms with van der Waals surface area (Å²) in [5.41, 5.74) is 0.622. The second-order valence-corrected chi connectivity index (χ2v) is 4.70. The fourth-order valence-electron chi connectivity index (χ4n) is 2.48. The monoisotopic (exact) mass is 336 g/mol. The summed E-state index contributed by atoms with van der Waals surface area (Å²) in [5.74, 6) is -1.01. The first-order valence-electron chi connectivity index (χ1n) is 6.44. The number of phenols is 3. The summed E-state index contributed by atoms with van der Waals surface area (Å²) in [4.78, 5) is 2.24. The molecule has 1 aliphatic rings. The van der Waals surface area contributed by atoms with Crippen LogP contribution in [0.25, 0.3) is 0 Å². The van der Waals surface area contributed by atoms with Crippen molar-refractivity contribution in [2.45, 2.75) is 12.5 Å². The van der Waals surface area contributed by atoms with Crippen molar-refractivity contribution in [3.8, 4) is 17.2 Å². The van der Waals surface area contributed by atoms with Gasteiger partial charge in [-0.3, -0.25) is 4.90 Å². The van der Waals surface area contributed by atoms with Gasteiger partial charge in [0.1, 0.15) is 0 Å². The number of nitrogens with one attached hydrogen (secondary N) is 1. The lowest BCUT2D eigenvalue weighted by Gasteiger charge is -2.35. The minimum atomic E-state index is -0.457. The van der Waals surface area contributed by atoms with Crippen molar-refractivity contribution in [3.63, 3.8) is 0 Å². The van der Waals surface area contributed by atoms with Gasteiger partial charge >= 0.3 is 0 Å². The first-order valence-corrected chi connectivity index (χ1v) is 6.44. The number of aromatic hydroxyl groups is 3. The van der Waals surface area contributed by atoms with E-state index >= 15 is 0 Å². The molecule has 0 aliphatic carbocycles. The predicted molar refractivity (Wildman–Crippen MR) is 87.9 cm³/mol. The van der Waals surface area contributed by atoms with Gasteiger partial charge in [-0.15, -0.1) is 31.4 Å². The second kappa shape index (κ2) is 9.00. The number of benzene rings is 1. The Hall–Kier alpha value is -1.14. The van der Waals surface area contributed by atoms with Crippen molar-refractivity contribution in [2.24, 2.45) is 0 Å². The van der Waals surface area contributed by atoms with Crippen LogP contribution >= 0.6 is 24.8 Å². The fourth-order valence-corrected chi connectivity index (χ4v) is 2.48. The summed E-state index contributed by atoms with van der Waals surface area (Å²) in [6.45, 7) is 7.31. The van der Waals surface area contributed by atoms with Crippen molar-refractivity contribution >= 4 is 24.8 Å². The Kier molecular flexibility index (Phi) is 8.51. The topological polar surface area (TPSA) is 76.0 Å². The zero-order chi connectivity index (χ0) is 13.8. The quantitative estimate of drug-likeness (QED) is 0.500. The molecule has 0 unspecified atom stereocenters. The van der Waals surface area contributed by atoms with Gasteiger partial charge < -0.3 is 20.6 Å². The van der Waals surface area contributed by atoms with Crippen molar-refractivity contribution in [1.82, 2.24) is 10.2 Å². The molecule has 1 fully saturated rings. The van der Waals surface area contributed by atoms with E-state index < -0.39 is 5.75 Å². The van der Waals surface area contributed by atoms with Crippen LogP contribution in [0.5, 0.6) is 17.2 Å². The molecule has 0 radical (unpaired) electrons. The number of hydrogen-bond acceptors (Lipinski definition) is 5. The van der Waals surface area contributed by atoms with E-state index in [1.54, 1.807) is 12.1 Å². The second-order valence-electron chi connectivity index (χ2n) is 4.70. The molecule has 2 rings (SSSR count). The van der Waals surface area contributed by atoms with Crippen LogP contribution in [-0.2, 0) is 0 Å². The zero-order valence-corrected chi connectivity index (χ0v) is 13.3. The van der Waals surface area contributed by atoms with E-state index in [2.05, 4.69) is 16.8 Å². The van der Waals surface area contributed by atoms with E-state index in [0.29, 0.717) is 12.0 Å². The molecule has 4 N–H and O–H groups in total. The first-order chi connectivity index (χ1) is 9.15. The van der Waals surface area contributed by atoms with Crippen LogP contribution in [0.4, 0.5) is 0 Å². The molecule has 1 aromatic rings. The van der Waals surface area contributed by atoms with Crippen LogP contribution in [0.2, 0.25) is 0 Å². The molecule has 0 amide bonds. The normalized spacial score (nSPS) is 16.4. The number of phenolic OH excluding ortho intramolecular Hbond substituents is 3. The molecule has 0 aromatic heterocycles. The van der Waals surface area contributed by atoms with Gasteiger partial charge in [0.2, 0.25) is 5.75 Å². The molecule has 21 heavy (non-hydrogen) atoms. The zero-order valence-electron chi connectivity index (χ0n) is 11.7. The summed E-state index contributed by atoms with van der Waals surface area (Å²) >= 11 is 0. The summed E-state index contributed by atoms with van der Waals surface area (Å²) in [6.07, 6.45) is 2.48. The van der Waals surface area contributed by atoms with Crippen LogP contribution in [0.1, 0.15) is 18.0 Å². The number of piperazine rings is 1. The molecule has 1 saturated heterocycles. The van der Waals surface area contributed by atoms with Gasteiger partial charge in [0.15, 0.2) is 11.5 Å². The standard InChI is InChI=1S/C14H20N2O3.2ClH/c1-2-3-11(16-8-6-15-7-9-16)10-4-5-12(17)14(19)13(10)18;;/h2,4-5,11,15,17-19H,1,3,6-9H2;2*1H/t11-;;/m0../s1. The molecule has 1 aromatic carbocycles. The molecule has 7 heteroatoms. The van der Waals surface area contributed by atoms with Gasteiger partial charge in [-0.05, 0) is 18.6 Å². The number of halogens is 2. The summed E-state index contributed by atoms with van der Waals surface area (Å²) in [7, 11) is 0. The molecule has 1 heterocycles. The Bertz CT molecular complexity index is 466. The molecule has 1 atom stereocenters. The third kappa shape index (κ3) is 4.41. The summed E-state index contributed by atoms with van der Waals surface area (Å²) < 4.78 is 0. The number of rotatable bonds is 4. The average Bonchev–Trinajstić information content (AvgIpc) is 2.44. The highest BCUT2D eigenvalue weighted by molar-refractivity contribution is 5.85. The van der Waals surface area contributed by atoms with Gasteiger partial charge in [-0.1, -0.05) is 6.08 Å². The van der Waals surface area contributed by atoms with Crippen LogP contribution in [0.15, 0.2) is 24.8 Å². The number of hydrogen-bond donors (Lipinski definition) is 4. The van der Waals surface area contributed by atoms with E-state index in [1.807, 2.05) is 0 Å². The van der Waals surface area contributed by atoms with Crippen LogP contribution < -0.4 is 5.32 Å². The average molecular weight is 337 g/mol. The summed E-state index contributed by atoms with van der Waals surface area (Å²) in [5, 5.41) is 32.3. The largest absolute Gasteiger partial charge is 0.504 e. The molecule has 1 aliphatic heterocycles. The maximum atomic E-state index is 10.0. The number of nitrogens with zero attached hydrogens (tertiary/aromatic N) is 1. The molecule has 0 spiro atoms. The maximum absolute atomic E-state index is 10.0. The Morgan fingerprint density at radius 3 is 2.33 bits per heavy atom.